The molecule has 0 aliphatic rings. The molecule has 3 nitrogen and oxygen atoms in total. The highest BCUT2D eigenvalue weighted by Crippen LogP contribution is 2.31. The molecule has 4 rings (SSSR count). The van der Waals surface area contributed by atoms with Gasteiger partial charge in [0.15, 0.2) is 5.82 Å². The van der Waals surface area contributed by atoms with E-state index < -0.39 is 11.7 Å². The molecule has 0 spiro atoms. The van der Waals surface area contributed by atoms with Crippen molar-refractivity contribution >= 4 is 5.82 Å². The van der Waals surface area contributed by atoms with Gasteiger partial charge in [-0.2, -0.15) is 13.2 Å². The van der Waals surface area contributed by atoms with Crippen LogP contribution in [0, 0.1) is 5.82 Å². The average Bonchev–Trinajstić information content (AvgIpc) is 2.78. The molecule has 0 aliphatic heterocycles. The fourth-order valence-corrected chi connectivity index (χ4v) is 3.15. The molecule has 0 fully saturated rings. The topological polar surface area (TPSA) is 37.8 Å². The quantitative estimate of drug-likeness (QED) is 0.369. The van der Waals surface area contributed by atoms with Crippen molar-refractivity contribution in [3.63, 3.8) is 0 Å². The van der Waals surface area contributed by atoms with Crippen molar-refractivity contribution in [2.24, 2.45) is 0 Å². The molecule has 0 radical (unpaired) electrons. The maximum absolute atomic E-state index is 13.8. The van der Waals surface area contributed by atoms with Crippen LogP contribution in [0.4, 0.5) is 23.4 Å². The second-order valence-electron chi connectivity index (χ2n) is 6.92. The van der Waals surface area contributed by atoms with Crippen LogP contribution in [0.15, 0.2) is 84.9 Å². The van der Waals surface area contributed by atoms with Crippen molar-refractivity contribution in [3.05, 3.63) is 102 Å². The monoisotopic (exact) mass is 423 g/mol. The van der Waals surface area contributed by atoms with Crippen LogP contribution in [0.5, 0.6) is 0 Å². The minimum Gasteiger partial charge on any atom is -0.364 e. The van der Waals surface area contributed by atoms with Gasteiger partial charge in [-0.25, -0.2) is 4.39 Å². The fraction of sp³-hybridized carbons (Fsp3) is 0.0833. The lowest BCUT2D eigenvalue weighted by Gasteiger charge is -2.13. The molecule has 0 atom stereocenters. The van der Waals surface area contributed by atoms with Gasteiger partial charge in [0.2, 0.25) is 0 Å². The number of rotatable bonds is 5. The van der Waals surface area contributed by atoms with Gasteiger partial charge >= 0.3 is 6.18 Å². The first kappa shape index (κ1) is 20.5. The van der Waals surface area contributed by atoms with E-state index in [1.807, 2.05) is 36.4 Å². The summed E-state index contributed by atoms with van der Waals surface area (Å²) in [6.45, 7) is 0.236. The molecule has 31 heavy (non-hydrogen) atoms. The maximum Gasteiger partial charge on any atom is 0.416 e. The van der Waals surface area contributed by atoms with E-state index in [9.17, 15) is 17.6 Å². The van der Waals surface area contributed by atoms with Crippen LogP contribution in [0.25, 0.3) is 22.4 Å². The van der Waals surface area contributed by atoms with E-state index in [0.29, 0.717) is 28.2 Å². The molecular weight excluding hydrogens is 406 g/mol. The van der Waals surface area contributed by atoms with Crippen molar-refractivity contribution in [1.82, 2.24) is 10.2 Å². The summed E-state index contributed by atoms with van der Waals surface area (Å²) < 4.78 is 52.1. The van der Waals surface area contributed by atoms with E-state index in [1.165, 1.54) is 24.3 Å². The molecule has 156 valence electrons. The molecule has 1 aromatic heterocycles. The Morgan fingerprint density at radius 2 is 1.45 bits per heavy atom. The highest BCUT2D eigenvalue weighted by atomic mass is 19.4. The van der Waals surface area contributed by atoms with Crippen molar-refractivity contribution in [2.45, 2.75) is 12.7 Å². The molecule has 1 heterocycles. The zero-order valence-electron chi connectivity index (χ0n) is 16.2. The first-order valence-corrected chi connectivity index (χ1v) is 9.49. The van der Waals surface area contributed by atoms with Gasteiger partial charge < -0.3 is 5.32 Å². The van der Waals surface area contributed by atoms with E-state index in [0.717, 1.165) is 17.7 Å². The predicted molar refractivity (Wildman–Crippen MR) is 112 cm³/mol. The van der Waals surface area contributed by atoms with Gasteiger partial charge in [0.1, 0.15) is 5.82 Å². The Morgan fingerprint density at radius 1 is 0.742 bits per heavy atom. The summed E-state index contributed by atoms with van der Waals surface area (Å²) in [4.78, 5) is 0. The number of benzene rings is 3. The van der Waals surface area contributed by atoms with Crippen LogP contribution >= 0.6 is 0 Å². The number of hydrogen-bond acceptors (Lipinski definition) is 3. The van der Waals surface area contributed by atoms with E-state index >= 15 is 0 Å². The second-order valence-corrected chi connectivity index (χ2v) is 6.92. The molecule has 0 saturated carbocycles. The number of hydrogen-bond donors (Lipinski definition) is 1. The summed E-state index contributed by atoms with van der Waals surface area (Å²) >= 11 is 0. The lowest BCUT2D eigenvalue weighted by molar-refractivity contribution is -0.137. The van der Waals surface area contributed by atoms with Crippen LogP contribution in [0.2, 0.25) is 0 Å². The zero-order valence-corrected chi connectivity index (χ0v) is 16.2. The molecule has 4 aromatic rings. The lowest BCUT2D eigenvalue weighted by atomic mass is 10.0. The fourth-order valence-electron chi connectivity index (χ4n) is 3.15. The van der Waals surface area contributed by atoms with E-state index in [-0.39, 0.29) is 12.4 Å². The summed E-state index contributed by atoms with van der Waals surface area (Å²) in [7, 11) is 0. The Morgan fingerprint density at radius 3 is 2.13 bits per heavy atom. The zero-order chi connectivity index (χ0) is 21.8. The number of alkyl halides is 3. The molecule has 0 saturated heterocycles. The SMILES string of the molecule is Fc1cccc(-c2cc(-c3ccccc3)nnc2NCc2ccc(C(F)(F)F)cc2)c1. The van der Waals surface area contributed by atoms with Gasteiger partial charge in [-0.1, -0.05) is 54.6 Å². The minimum absolute atomic E-state index is 0.236. The Bertz CT molecular complexity index is 1170. The Kier molecular flexibility index (Phi) is 5.66. The van der Waals surface area contributed by atoms with E-state index in [1.54, 1.807) is 12.1 Å². The van der Waals surface area contributed by atoms with E-state index in [4.69, 9.17) is 0 Å². The van der Waals surface area contributed by atoms with Crippen LogP contribution in [-0.2, 0) is 12.7 Å². The standard InChI is InChI=1S/C24H17F4N3/c25-20-8-4-7-18(13-20)21-14-22(17-5-2-1-3-6-17)30-31-23(21)29-15-16-9-11-19(12-10-16)24(26,27)28/h1-14H,15H2,(H,29,31). The molecule has 0 aliphatic carbocycles. The maximum atomic E-state index is 13.8. The summed E-state index contributed by atoms with van der Waals surface area (Å²) in [5.74, 6) is 0.0226. The third-order valence-electron chi connectivity index (χ3n) is 4.74. The Hall–Kier alpha value is -3.74. The number of anilines is 1. The molecule has 3 aromatic carbocycles. The van der Waals surface area contributed by atoms with E-state index in [2.05, 4.69) is 15.5 Å². The number of halogens is 4. The predicted octanol–water partition coefficient (Wildman–Crippen LogP) is 6.58. The lowest BCUT2D eigenvalue weighted by Crippen LogP contribution is -2.07. The summed E-state index contributed by atoms with van der Waals surface area (Å²) in [5, 5.41) is 11.6. The molecule has 0 unspecified atom stereocenters. The first-order chi connectivity index (χ1) is 14.9. The van der Waals surface area contributed by atoms with Crippen LogP contribution < -0.4 is 5.32 Å². The van der Waals surface area contributed by atoms with Gasteiger partial charge in [0.25, 0.3) is 0 Å². The molecule has 1 N–H and O–H groups in total. The number of nitrogens with one attached hydrogen (secondary N) is 1. The van der Waals surface area contributed by atoms with Crippen molar-refractivity contribution in [1.29, 1.82) is 0 Å². The Balaban J connectivity index is 1.65. The summed E-state index contributed by atoms with van der Waals surface area (Å²) in [6, 6.07) is 22.3. The van der Waals surface area contributed by atoms with Crippen LogP contribution in [0.1, 0.15) is 11.1 Å². The van der Waals surface area contributed by atoms with Crippen molar-refractivity contribution in [3.8, 4) is 22.4 Å². The minimum atomic E-state index is -4.38. The molecule has 7 heteroatoms. The number of nitrogens with zero attached hydrogens (tertiary/aromatic N) is 2. The Labute approximate surface area is 176 Å². The average molecular weight is 423 g/mol. The van der Waals surface area contributed by atoms with Crippen LogP contribution in [-0.4, -0.2) is 10.2 Å². The second kappa shape index (κ2) is 8.55. The molecular formula is C24H17F4N3. The van der Waals surface area contributed by atoms with Gasteiger partial charge in [0.05, 0.1) is 11.3 Å². The summed E-state index contributed by atoms with van der Waals surface area (Å²) in [6.07, 6.45) is -4.38. The first-order valence-electron chi connectivity index (χ1n) is 9.49. The van der Waals surface area contributed by atoms with Gasteiger partial charge in [-0.3, -0.25) is 0 Å². The van der Waals surface area contributed by atoms with Gasteiger partial charge in [0, 0.05) is 17.7 Å². The molecule has 0 bridgehead atoms. The van der Waals surface area contributed by atoms with Crippen LogP contribution in [0.3, 0.4) is 0 Å². The van der Waals surface area contributed by atoms with Crippen molar-refractivity contribution in [2.75, 3.05) is 5.32 Å². The third kappa shape index (κ3) is 4.88. The normalized spacial score (nSPS) is 11.4. The highest BCUT2D eigenvalue weighted by Gasteiger charge is 2.29. The van der Waals surface area contributed by atoms with Gasteiger partial charge in [-0.05, 0) is 41.5 Å². The summed E-state index contributed by atoms with van der Waals surface area (Å²) in [5.41, 5.74) is 2.68. The third-order valence-corrected chi connectivity index (χ3v) is 4.74. The molecule has 0 amide bonds. The largest absolute Gasteiger partial charge is 0.416 e. The van der Waals surface area contributed by atoms with Crippen molar-refractivity contribution < 1.29 is 17.6 Å². The highest BCUT2D eigenvalue weighted by molar-refractivity contribution is 5.78. The number of aromatic nitrogens is 2. The smallest absolute Gasteiger partial charge is 0.364 e. The van der Waals surface area contributed by atoms with Gasteiger partial charge in [-0.15, -0.1) is 10.2 Å².